The first-order valence-electron chi connectivity index (χ1n) is 9.26. The number of nitro groups is 1. The number of nitrogens with zero attached hydrogens (tertiary/aromatic N) is 1. The van der Waals surface area contributed by atoms with Gasteiger partial charge in [0, 0.05) is 17.7 Å². The highest BCUT2D eigenvalue weighted by Gasteiger charge is 2.19. The molecule has 164 valence electrons. The number of ether oxygens (including phenoxy) is 3. The van der Waals surface area contributed by atoms with E-state index in [2.05, 4.69) is 10.9 Å². The molecule has 10 heteroatoms. The van der Waals surface area contributed by atoms with E-state index in [0.29, 0.717) is 17.2 Å². The van der Waals surface area contributed by atoms with Crippen LogP contribution in [-0.2, 0) is 0 Å². The molecule has 0 bridgehead atoms. The van der Waals surface area contributed by atoms with Crippen LogP contribution in [0.3, 0.4) is 0 Å². The summed E-state index contributed by atoms with van der Waals surface area (Å²) in [5.74, 6) is 0.133. The summed E-state index contributed by atoms with van der Waals surface area (Å²) in [5, 5.41) is 11.2. The lowest BCUT2D eigenvalue weighted by Crippen LogP contribution is -2.41. The van der Waals surface area contributed by atoms with E-state index in [0.717, 1.165) is 6.07 Å². The largest absolute Gasteiger partial charge is 0.497 e. The van der Waals surface area contributed by atoms with Crippen molar-refractivity contribution >= 4 is 17.5 Å². The number of rotatable bonds is 7. The summed E-state index contributed by atoms with van der Waals surface area (Å²) in [6.45, 7) is 0. The molecule has 32 heavy (non-hydrogen) atoms. The maximum atomic E-state index is 12.7. The first-order chi connectivity index (χ1) is 15.4. The van der Waals surface area contributed by atoms with Crippen molar-refractivity contribution in [2.45, 2.75) is 0 Å². The van der Waals surface area contributed by atoms with Crippen LogP contribution in [0.4, 0.5) is 5.69 Å². The van der Waals surface area contributed by atoms with Gasteiger partial charge in [-0.2, -0.15) is 0 Å². The summed E-state index contributed by atoms with van der Waals surface area (Å²) in [5.41, 5.74) is 4.31. The summed E-state index contributed by atoms with van der Waals surface area (Å²) in [6, 6.07) is 16.5. The molecule has 0 aliphatic heterocycles. The van der Waals surface area contributed by atoms with Gasteiger partial charge in [-0.25, -0.2) is 0 Å². The van der Waals surface area contributed by atoms with Crippen molar-refractivity contribution in [3.8, 4) is 23.0 Å². The lowest BCUT2D eigenvalue weighted by Gasteiger charge is -2.13. The number of non-ortho nitro benzene ring substituents is 1. The van der Waals surface area contributed by atoms with Crippen molar-refractivity contribution in [3.63, 3.8) is 0 Å². The number of methoxy groups -OCH3 is 2. The number of carbonyl (C=O) groups excluding carboxylic acids is 2. The molecule has 0 atom stereocenters. The molecule has 0 aromatic heterocycles. The van der Waals surface area contributed by atoms with Crippen LogP contribution in [0.2, 0.25) is 0 Å². The second-order valence-electron chi connectivity index (χ2n) is 6.36. The molecule has 0 unspecified atom stereocenters. The first-order valence-corrected chi connectivity index (χ1v) is 9.26. The van der Waals surface area contributed by atoms with Crippen molar-refractivity contribution in [2.75, 3.05) is 14.2 Å². The van der Waals surface area contributed by atoms with Gasteiger partial charge in [0.15, 0.2) is 0 Å². The molecule has 3 aromatic carbocycles. The van der Waals surface area contributed by atoms with Gasteiger partial charge in [-0.1, -0.05) is 6.07 Å². The molecule has 0 saturated heterocycles. The first kappa shape index (κ1) is 22.1. The summed E-state index contributed by atoms with van der Waals surface area (Å²) in [7, 11) is 2.99. The maximum absolute atomic E-state index is 12.7. The second kappa shape index (κ2) is 9.94. The Bertz CT molecular complexity index is 1150. The van der Waals surface area contributed by atoms with Crippen molar-refractivity contribution in [1.82, 2.24) is 10.9 Å². The number of hydrogen-bond donors (Lipinski definition) is 2. The fraction of sp³-hybridized carbons (Fsp3) is 0.0909. The molecule has 3 rings (SSSR count). The molecule has 2 amide bonds. The highest BCUT2D eigenvalue weighted by molar-refractivity contribution is 6.01. The minimum absolute atomic E-state index is 0.0638. The standard InChI is InChI=1S/C22H19N3O7/c1-30-16-7-9-17(10-8-16)32-20-11-6-15(25(28)29)13-19(20)22(27)24-23-21(26)14-4-3-5-18(12-14)31-2/h3-13H,1-2H3,(H,23,26)(H,24,27). The average Bonchev–Trinajstić information content (AvgIpc) is 2.82. The third-order valence-electron chi connectivity index (χ3n) is 4.33. The van der Waals surface area contributed by atoms with Gasteiger partial charge in [-0.05, 0) is 48.5 Å². The van der Waals surface area contributed by atoms with Gasteiger partial charge in [0.25, 0.3) is 17.5 Å². The zero-order chi connectivity index (χ0) is 23.1. The van der Waals surface area contributed by atoms with Gasteiger partial charge < -0.3 is 14.2 Å². The zero-order valence-electron chi connectivity index (χ0n) is 17.2. The predicted octanol–water partition coefficient (Wildman–Crippen LogP) is 3.48. The molecular formula is C22H19N3O7. The Hall–Kier alpha value is -4.60. The van der Waals surface area contributed by atoms with E-state index in [9.17, 15) is 19.7 Å². The fourth-order valence-corrected chi connectivity index (χ4v) is 2.69. The van der Waals surface area contributed by atoms with Crippen LogP contribution in [0.25, 0.3) is 0 Å². The fourth-order valence-electron chi connectivity index (χ4n) is 2.69. The Kier molecular flexibility index (Phi) is 6.86. The quantitative estimate of drug-likeness (QED) is 0.428. The van der Waals surface area contributed by atoms with Crippen LogP contribution in [-0.4, -0.2) is 31.0 Å². The number of hydrazine groups is 1. The molecule has 0 heterocycles. The van der Waals surface area contributed by atoms with Crippen LogP contribution in [0.1, 0.15) is 20.7 Å². The molecule has 0 aliphatic carbocycles. The molecule has 10 nitrogen and oxygen atoms in total. The van der Waals surface area contributed by atoms with Gasteiger partial charge in [0.05, 0.1) is 24.7 Å². The molecule has 3 aromatic rings. The Morgan fingerprint density at radius 1 is 0.812 bits per heavy atom. The summed E-state index contributed by atoms with van der Waals surface area (Å²) in [6.07, 6.45) is 0. The number of benzene rings is 3. The van der Waals surface area contributed by atoms with Crippen LogP contribution >= 0.6 is 0 Å². The molecule has 2 N–H and O–H groups in total. The highest BCUT2D eigenvalue weighted by Crippen LogP contribution is 2.29. The van der Waals surface area contributed by atoms with Gasteiger partial charge >= 0.3 is 0 Å². The van der Waals surface area contributed by atoms with Crippen molar-refractivity contribution < 1.29 is 28.7 Å². The van der Waals surface area contributed by atoms with Gasteiger partial charge in [-0.3, -0.25) is 30.6 Å². The van der Waals surface area contributed by atoms with E-state index in [1.807, 2.05) is 0 Å². The smallest absolute Gasteiger partial charge is 0.273 e. The number of hydrogen-bond acceptors (Lipinski definition) is 7. The van der Waals surface area contributed by atoms with Gasteiger partial charge in [0.1, 0.15) is 23.0 Å². The Morgan fingerprint density at radius 2 is 1.47 bits per heavy atom. The molecule has 0 aliphatic rings. The van der Waals surface area contributed by atoms with Gasteiger partial charge in [-0.15, -0.1) is 0 Å². The van der Waals surface area contributed by atoms with E-state index in [1.165, 1.54) is 38.5 Å². The van der Waals surface area contributed by atoms with Crippen molar-refractivity contribution in [2.24, 2.45) is 0 Å². The number of carbonyl (C=O) groups is 2. The zero-order valence-corrected chi connectivity index (χ0v) is 17.2. The van der Waals surface area contributed by atoms with E-state index in [4.69, 9.17) is 14.2 Å². The van der Waals surface area contributed by atoms with Crippen molar-refractivity contribution in [1.29, 1.82) is 0 Å². The minimum Gasteiger partial charge on any atom is -0.497 e. The van der Waals surface area contributed by atoms with E-state index in [1.54, 1.807) is 36.4 Å². The Labute approximate surface area is 182 Å². The number of nitro benzene ring substituents is 1. The molecule has 0 saturated carbocycles. The third kappa shape index (κ3) is 5.30. The lowest BCUT2D eigenvalue weighted by atomic mass is 10.1. The normalized spacial score (nSPS) is 10.1. The molecule has 0 fully saturated rings. The number of nitrogens with one attached hydrogen (secondary N) is 2. The minimum atomic E-state index is -0.798. The summed E-state index contributed by atoms with van der Waals surface area (Å²) in [4.78, 5) is 35.6. The molecule has 0 spiro atoms. The SMILES string of the molecule is COc1ccc(Oc2ccc([N+](=O)[O-])cc2C(=O)NNC(=O)c2cccc(OC)c2)cc1. The lowest BCUT2D eigenvalue weighted by molar-refractivity contribution is -0.384. The van der Waals surface area contributed by atoms with Crippen LogP contribution < -0.4 is 25.1 Å². The second-order valence-corrected chi connectivity index (χ2v) is 6.36. The van der Waals surface area contributed by atoms with Crippen molar-refractivity contribution in [3.05, 3.63) is 88.0 Å². The highest BCUT2D eigenvalue weighted by atomic mass is 16.6. The van der Waals surface area contributed by atoms with E-state index < -0.39 is 16.7 Å². The molecule has 0 radical (unpaired) electrons. The van der Waals surface area contributed by atoms with Gasteiger partial charge in [0.2, 0.25) is 0 Å². The Balaban J connectivity index is 1.80. The third-order valence-corrected chi connectivity index (χ3v) is 4.33. The van der Waals surface area contributed by atoms with Crippen LogP contribution in [0.15, 0.2) is 66.7 Å². The summed E-state index contributed by atoms with van der Waals surface area (Å²) < 4.78 is 15.9. The Morgan fingerprint density at radius 3 is 2.12 bits per heavy atom. The van der Waals surface area contributed by atoms with E-state index in [-0.39, 0.29) is 22.6 Å². The monoisotopic (exact) mass is 437 g/mol. The summed E-state index contributed by atoms with van der Waals surface area (Å²) >= 11 is 0. The maximum Gasteiger partial charge on any atom is 0.273 e. The van der Waals surface area contributed by atoms with E-state index >= 15 is 0 Å². The van der Waals surface area contributed by atoms with Crippen LogP contribution in [0, 0.1) is 10.1 Å². The topological polar surface area (TPSA) is 129 Å². The predicted molar refractivity (Wildman–Crippen MR) is 114 cm³/mol. The van der Waals surface area contributed by atoms with Crippen LogP contribution in [0.5, 0.6) is 23.0 Å². The number of amides is 2. The molecular weight excluding hydrogens is 418 g/mol. The average molecular weight is 437 g/mol.